The molecule has 1 heterocycles. The van der Waals surface area contributed by atoms with Gasteiger partial charge in [-0.05, 0) is 17.9 Å². The summed E-state index contributed by atoms with van der Waals surface area (Å²) in [6.07, 6.45) is 1.12. The third-order valence-corrected chi connectivity index (χ3v) is 2.40. The molecule has 0 aliphatic rings. The van der Waals surface area contributed by atoms with Gasteiger partial charge in [-0.15, -0.1) is 11.3 Å². The van der Waals surface area contributed by atoms with Gasteiger partial charge in [-0.2, -0.15) is 12.6 Å². The maximum absolute atomic E-state index is 4.04. The molecule has 0 spiro atoms. The van der Waals surface area contributed by atoms with Gasteiger partial charge in [-0.1, -0.05) is 6.07 Å². The number of rotatable bonds is 4. The first-order chi connectivity index (χ1) is 4.93. The van der Waals surface area contributed by atoms with E-state index in [1.54, 1.807) is 0 Å². The van der Waals surface area contributed by atoms with E-state index in [-0.39, 0.29) is 0 Å². The van der Waals surface area contributed by atoms with E-state index in [0.29, 0.717) is 0 Å². The van der Waals surface area contributed by atoms with Gasteiger partial charge in [0.15, 0.2) is 0 Å². The molecule has 3 heteroatoms. The van der Waals surface area contributed by atoms with Crippen molar-refractivity contribution < 1.29 is 0 Å². The summed E-state index contributed by atoms with van der Waals surface area (Å²) in [5.74, 6) is 0.769. The zero-order valence-electron chi connectivity index (χ0n) is 5.71. The molecule has 0 saturated heterocycles. The van der Waals surface area contributed by atoms with Gasteiger partial charge in [0, 0.05) is 17.3 Å². The second-order valence-corrected chi connectivity index (χ2v) is 3.34. The topological polar surface area (TPSA) is 12.0 Å². The third kappa shape index (κ3) is 2.73. The Morgan fingerprint density at radius 2 is 2.50 bits per heavy atom. The van der Waals surface area contributed by atoms with Crippen LogP contribution in [0.15, 0.2) is 17.5 Å². The summed E-state index contributed by atoms with van der Waals surface area (Å²) in [6.45, 7) is 1.03. The predicted octanol–water partition coefficient (Wildman–Crippen LogP) is 1.77. The Morgan fingerprint density at radius 1 is 1.60 bits per heavy atom. The van der Waals surface area contributed by atoms with E-state index >= 15 is 0 Å². The van der Waals surface area contributed by atoms with Crippen molar-refractivity contribution in [3.8, 4) is 0 Å². The highest BCUT2D eigenvalue weighted by molar-refractivity contribution is 7.80. The van der Waals surface area contributed by atoms with Gasteiger partial charge in [0.2, 0.25) is 0 Å². The van der Waals surface area contributed by atoms with E-state index in [1.807, 2.05) is 11.3 Å². The first-order valence-electron chi connectivity index (χ1n) is 3.27. The van der Waals surface area contributed by atoms with Crippen LogP contribution in [0.25, 0.3) is 0 Å². The predicted molar refractivity (Wildman–Crippen MR) is 49.9 cm³/mol. The minimum absolute atomic E-state index is 0.769. The van der Waals surface area contributed by atoms with Crippen molar-refractivity contribution in [3.63, 3.8) is 0 Å². The van der Waals surface area contributed by atoms with Crippen LogP contribution in [0.5, 0.6) is 0 Å². The Morgan fingerprint density at radius 3 is 3.10 bits per heavy atom. The molecule has 0 aromatic carbocycles. The first-order valence-corrected chi connectivity index (χ1v) is 4.78. The van der Waals surface area contributed by atoms with Crippen molar-refractivity contribution >= 4 is 24.0 Å². The maximum Gasteiger partial charge on any atom is 0.0387 e. The largest absolute Gasteiger partial charge is 0.308 e. The lowest BCUT2D eigenvalue weighted by Crippen LogP contribution is -2.14. The molecule has 0 radical (unpaired) electrons. The van der Waals surface area contributed by atoms with Gasteiger partial charge in [-0.25, -0.2) is 0 Å². The fourth-order valence-corrected chi connectivity index (χ4v) is 1.61. The molecule has 1 N–H and O–H groups in total. The highest BCUT2D eigenvalue weighted by atomic mass is 32.1. The summed E-state index contributed by atoms with van der Waals surface area (Å²) in [7, 11) is 0. The van der Waals surface area contributed by atoms with Crippen LogP contribution < -0.4 is 5.32 Å². The Bertz CT molecular complexity index is 160. The Hall–Kier alpha value is 0.01000. The molecule has 0 amide bonds. The van der Waals surface area contributed by atoms with E-state index in [4.69, 9.17) is 0 Å². The molecule has 0 aliphatic heterocycles. The summed E-state index contributed by atoms with van der Waals surface area (Å²) < 4.78 is 0. The summed E-state index contributed by atoms with van der Waals surface area (Å²) in [4.78, 5) is 1.44. The van der Waals surface area contributed by atoms with Crippen LogP contribution in [0.1, 0.15) is 4.88 Å². The van der Waals surface area contributed by atoms with E-state index < -0.39 is 0 Å². The molecule has 56 valence electrons. The van der Waals surface area contributed by atoms with Crippen molar-refractivity contribution in [2.24, 2.45) is 0 Å². The molecule has 0 atom stereocenters. The fraction of sp³-hybridized carbons (Fsp3) is 0.429. The van der Waals surface area contributed by atoms with Crippen LogP contribution in [0.3, 0.4) is 0 Å². The van der Waals surface area contributed by atoms with Crippen molar-refractivity contribution in [2.45, 2.75) is 6.42 Å². The van der Waals surface area contributed by atoms with Crippen molar-refractivity contribution in [2.75, 3.05) is 12.4 Å². The molecule has 0 bridgehead atoms. The van der Waals surface area contributed by atoms with Gasteiger partial charge < -0.3 is 5.32 Å². The Balaban J connectivity index is 2.15. The van der Waals surface area contributed by atoms with Crippen LogP contribution in [0.4, 0.5) is 0 Å². The second kappa shape index (κ2) is 4.77. The zero-order valence-corrected chi connectivity index (χ0v) is 7.42. The number of nitrogens with one attached hydrogen (secondary N) is 1. The zero-order chi connectivity index (χ0) is 7.23. The lowest BCUT2D eigenvalue weighted by Gasteiger charge is -1.96. The number of thiophene rings is 1. The summed E-state index contributed by atoms with van der Waals surface area (Å²) in [5.41, 5.74) is 0. The highest BCUT2D eigenvalue weighted by Gasteiger charge is 1.90. The van der Waals surface area contributed by atoms with Crippen LogP contribution in [0.2, 0.25) is 0 Å². The van der Waals surface area contributed by atoms with E-state index in [1.165, 1.54) is 4.88 Å². The number of thiol groups is 1. The lowest BCUT2D eigenvalue weighted by atomic mass is 10.3. The van der Waals surface area contributed by atoms with Crippen molar-refractivity contribution in [1.82, 2.24) is 5.32 Å². The summed E-state index contributed by atoms with van der Waals surface area (Å²) in [5, 5.41) is 5.26. The van der Waals surface area contributed by atoms with Crippen LogP contribution in [0, 0.1) is 0 Å². The van der Waals surface area contributed by atoms with Crippen LogP contribution in [-0.4, -0.2) is 12.4 Å². The first kappa shape index (κ1) is 8.11. The van der Waals surface area contributed by atoms with Crippen molar-refractivity contribution in [1.29, 1.82) is 0 Å². The van der Waals surface area contributed by atoms with Crippen molar-refractivity contribution in [3.05, 3.63) is 22.4 Å². The quantitative estimate of drug-likeness (QED) is 0.402. The molecule has 0 saturated carbocycles. The maximum atomic E-state index is 4.04. The standard InChI is InChI=1S/C7H11NS2/c9-6-8-4-3-7-2-1-5-10-7/h1-2,5,8-9H,3-4,6H2. The molecule has 1 aromatic rings. The Labute approximate surface area is 70.9 Å². The SMILES string of the molecule is SCNCCc1cccs1. The molecule has 1 aromatic heterocycles. The Kier molecular flexibility index (Phi) is 3.87. The minimum atomic E-state index is 0.769. The van der Waals surface area contributed by atoms with Gasteiger partial charge >= 0.3 is 0 Å². The highest BCUT2D eigenvalue weighted by Crippen LogP contribution is 2.07. The molecule has 0 fully saturated rings. The molecular weight excluding hydrogens is 162 g/mol. The third-order valence-electron chi connectivity index (χ3n) is 1.24. The second-order valence-electron chi connectivity index (χ2n) is 1.99. The average molecular weight is 173 g/mol. The molecule has 1 nitrogen and oxygen atoms in total. The fourth-order valence-electron chi connectivity index (χ4n) is 0.745. The van der Waals surface area contributed by atoms with Gasteiger partial charge in [0.1, 0.15) is 0 Å². The molecule has 10 heavy (non-hydrogen) atoms. The van der Waals surface area contributed by atoms with E-state index in [2.05, 4.69) is 35.5 Å². The summed E-state index contributed by atoms with van der Waals surface area (Å²) in [6, 6.07) is 4.24. The van der Waals surface area contributed by atoms with Gasteiger partial charge in [0.05, 0.1) is 0 Å². The lowest BCUT2D eigenvalue weighted by molar-refractivity contribution is 0.783. The molecule has 0 unspecified atom stereocenters. The summed E-state index contributed by atoms with van der Waals surface area (Å²) >= 11 is 5.85. The van der Waals surface area contributed by atoms with E-state index in [0.717, 1.165) is 18.8 Å². The van der Waals surface area contributed by atoms with E-state index in [9.17, 15) is 0 Å². The normalized spacial score (nSPS) is 10.1. The monoisotopic (exact) mass is 173 g/mol. The molecule has 1 rings (SSSR count). The molecular formula is C7H11NS2. The average Bonchev–Trinajstić information content (AvgIpc) is 2.41. The van der Waals surface area contributed by atoms with Gasteiger partial charge in [-0.3, -0.25) is 0 Å². The van der Waals surface area contributed by atoms with Crippen LogP contribution in [-0.2, 0) is 6.42 Å². The van der Waals surface area contributed by atoms with Gasteiger partial charge in [0.25, 0.3) is 0 Å². The number of hydrogen-bond acceptors (Lipinski definition) is 3. The number of hydrogen-bond donors (Lipinski definition) is 2. The minimum Gasteiger partial charge on any atom is -0.308 e. The smallest absolute Gasteiger partial charge is 0.0387 e. The van der Waals surface area contributed by atoms with Crippen LogP contribution >= 0.6 is 24.0 Å². The molecule has 0 aliphatic carbocycles.